The fourth-order valence-electron chi connectivity index (χ4n) is 1.28. The molecule has 0 aliphatic carbocycles. The zero-order valence-electron chi connectivity index (χ0n) is 6.84. The fraction of sp³-hybridized carbons (Fsp3) is 0. The van der Waals surface area contributed by atoms with Gasteiger partial charge in [-0.05, 0) is 18.2 Å². The maximum Gasteiger partial charge on any atom is 0.352 e. The van der Waals surface area contributed by atoms with E-state index in [-0.39, 0.29) is 5.69 Å². The predicted octanol–water partition coefficient (Wildman–Crippen LogP) is 3.17. The molecule has 0 saturated heterocycles. The van der Waals surface area contributed by atoms with Crippen LogP contribution in [0.5, 0.6) is 0 Å². The van der Waals surface area contributed by atoms with Gasteiger partial charge in [0, 0.05) is 10.4 Å². The molecule has 0 spiro atoms. The van der Waals surface area contributed by atoms with Gasteiger partial charge in [-0.2, -0.15) is 0 Å². The Hall–Kier alpha value is -1.19. The van der Waals surface area contributed by atoms with Crippen LogP contribution in [0.2, 0.25) is 10.0 Å². The molecule has 3 nitrogen and oxygen atoms in total. The lowest BCUT2D eigenvalue weighted by molar-refractivity contribution is 0.0691. The summed E-state index contributed by atoms with van der Waals surface area (Å²) in [5, 5.41) is 10.3. The summed E-state index contributed by atoms with van der Waals surface area (Å²) in [6, 6.07) is 4.72. The van der Waals surface area contributed by atoms with Crippen molar-refractivity contribution in [1.82, 2.24) is 4.98 Å². The Labute approximate surface area is 89.2 Å². The molecule has 5 heteroatoms. The number of carbonyl (C=O) groups is 1. The smallest absolute Gasteiger partial charge is 0.352 e. The highest BCUT2D eigenvalue weighted by Crippen LogP contribution is 2.27. The number of benzene rings is 1. The number of nitrogens with one attached hydrogen (secondary N) is 1. The van der Waals surface area contributed by atoms with E-state index in [4.69, 9.17) is 28.3 Å². The van der Waals surface area contributed by atoms with Crippen LogP contribution in [-0.2, 0) is 0 Å². The molecule has 0 amide bonds. The van der Waals surface area contributed by atoms with Gasteiger partial charge in [0.1, 0.15) is 5.69 Å². The number of hydrogen-bond acceptors (Lipinski definition) is 1. The first kappa shape index (κ1) is 9.37. The Morgan fingerprint density at radius 1 is 1.29 bits per heavy atom. The van der Waals surface area contributed by atoms with Crippen LogP contribution in [0.4, 0.5) is 0 Å². The molecule has 0 radical (unpaired) electrons. The second-order valence-corrected chi connectivity index (χ2v) is 3.68. The summed E-state index contributed by atoms with van der Waals surface area (Å²) in [5.41, 5.74) is 0.692. The predicted molar refractivity (Wildman–Crippen MR) is 55.3 cm³/mol. The minimum absolute atomic E-state index is 0.101. The number of hydrogen-bond donors (Lipinski definition) is 2. The van der Waals surface area contributed by atoms with Crippen LogP contribution in [0.3, 0.4) is 0 Å². The normalized spacial score (nSPS) is 10.7. The monoisotopic (exact) mass is 229 g/mol. The molecule has 0 atom stereocenters. The maximum atomic E-state index is 10.7. The first-order valence-electron chi connectivity index (χ1n) is 3.79. The van der Waals surface area contributed by atoms with Gasteiger partial charge in [0.15, 0.2) is 0 Å². The molecule has 0 fully saturated rings. The SMILES string of the molecule is O=C(O)c1cc2cc(Cl)cc(Cl)c2[nH]1. The van der Waals surface area contributed by atoms with E-state index in [1.165, 1.54) is 6.07 Å². The molecule has 0 aliphatic rings. The lowest BCUT2D eigenvalue weighted by Crippen LogP contribution is -1.94. The molecule has 14 heavy (non-hydrogen) atoms. The quantitative estimate of drug-likeness (QED) is 0.790. The average Bonchev–Trinajstić information content (AvgIpc) is 2.47. The van der Waals surface area contributed by atoms with Gasteiger partial charge >= 0.3 is 5.97 Å². The Kier molecular flexibility index (Phi) is 2.13. The Morgan fingerprint density at radius 2 is 2.00 bits per heavy atom. The largest absolute Gasteiger partial charge is 0.477 e. The summed E-state index contributed by atoms with van der Waals surface area (Å²) in [4.78, 5) is 13.4. The van der Waals surface area contributed by atoms with E-state index in [0.717, 1.165) is 0 Å². The summed E-state index contributed by atoms with van der Waals surface area (Å²) in [7, 11) is 0. The van der Waals surface area contributed by atoms with Gasteiger partial charge in [-0.15, -0.1) is 0 Å². The van der Waals surface area contributed by atoms with Crippen molar-refractivity contribution in [3.63, 3.8) is 0 Å². The van der Waals surface area contributed by atoms with Crippen molar-refractivity contribution in [3.05, 3.63) is 33.9 Å². The Balaban J connectivity index is 2.76. The number of carboxylic acids is 1. The number of fused-ring (bicyclic) bond motifs is 1. The van der Waals surface area contributed by atoms with Crippen LogP contribution < -0.4 is 0 Å². The van der Waals surface area contributed by atoms with Crippen LogP contribution in [0.1, 0.15) is 10.5 Å². The number of carboxylic acid groups (broad SMARTS) is 1. The molecule has 0 saturated carbocycles. The zero-order valence-corrected chi connectivity index (χ0v) is 8.36. The summed E-state index contributed by atoms with van der Waals surface area (Å²) >= 11 is 11.6. The van der Waals surface area contributed by atoms with Gasteiger partial charge in [-0.25, -0.2) is 4.79 Å². The standard InChI is InChI=1S/C9H5Cl2NO2/c10-5-1-4-2-7(9(13)14)12-8(4)6(11)3-5/h1-3,12H,(H,13,14). The lowest BCUT2D eigenvalue weighted by Gasteiger charge is -1.94. The van der Waals surface area contributed by atoms with E-state index in [1.807, 2.05) is 0 Å². The third-order valence-electron chi connectivity index (χ3n) is 1.88. The molecule has 1 heterocycles. The Bertz CT molecular complexity index is 519. The van der Waals surface area contributed by atoms with Gasteiger partial charge in [-0.1, -0.05) is 23.2 Å². The number of aromatic carboxylic acids is 1. The van der Waals surface area contributed by atoms with E-state index >= 15 is 0 Å². The highest BCUT2D eigenvalue weighted by Gasteiger charge is 2.10. The molecule has 0 bridgehead atoms. The number of aromatic amines is 1. The van der Waals surface area contributed by atoms with Crippen LogP contribution in [0.25, 0.3) is 10.9 Å². The topological polar surface area (TPSA) is 53.1 Å². The molecule has 1 aromatic heterocycles. The molecule has 0 unspecified atom stereocenters. The second-order valence-electron chi connectivity index (χ2n) is 2.84. The highest BCUT2D eigenvalue weighted by atomic mass is 35.5. The van der Waals surface area contributed by atoms with E-state index in [2.05, 4.69) is 4.98 Å². The van der Waals surface area contributed by atoms with Gasteiger partial charge in [0.25, 0.3) is 0 Å². The van der Waals surface area contributed by atoms with Crippen LogP contribution in [-0.4, -0.2) is 16.1 Å². The number of halogens is 2. The van der Waals surface area contributed by atoms with Crippen LogP contribution in [0, 0.1) is 0 Å². The summed E-state index contributed by atoms with van der Waals surface area (Å²) in [6.07, 6.45) is 0. The van der Waals surface area contributed by atoms with E-state index in [9.17, 15) is 4.79 Å². The lowest BCUT2D eigenvalue weighted by atomic mass is 10.2. The molecule has 2 aromatic rings. The minimum atomic E-state index is -1.02. The van der Waals surface area contributed by atoms with Crippen LogP contribution >= 0.6 is 23.2 Å². The minimum Gasteiger partial charge on any atom is -0.477 e. The molecule has 72 valence electrons. The molecule has 2 N–H and O–H groups in total. The Morgan fingerprint density at radius 3 is 2.64 bits per heavy atom. The van der Waals surface area contributed by atoms with Crippen molar-refractivity contribution in [2.75, 3.05) is 0 Å². The van der Waals surface area contributed by atoms with Crippen molar-refractivity contribution in [2.45, 2.75) is 0 Å². The summed E-state index contributed by atoms with van der Waals surface area (Å²) in [6.45, 7) is 0. The van der Waals surface area contributed by atoms with Gasteiger partial charge in [-0.3, -0.25) is 0 Å². The van der Waals surface area contributed by atoms with Crippen molar-refractivity contribution < 1.29 is 9.90 Å². The zero-order chi connectivity index (χ0) is 10.3. The first-order chi connectivity index (χ1) is 6.58. The third-order valence-corrected chi connectivity index (χ3v) is 2.39. The van der Waals surface area contributed by atoms with Crippen molar-refractivity contribution in [2.24, 2.45) is 0 Å². The van der Waals surface area contributed by atoms with Crippen molar-refractivity contribution >= 4 is 40.1 Å². The van der Waals surface area contributed by atoms with Gasteiger partial charge < -0.3 is 10.1 Å². The van der Waals surface area contributed by atoms with E-state index in [1.54, 1.807) is 12.1 Å². The number of H-pyrrole nitrogens is 1. The third kappa shape index (κ3) is 1.45. The van der Waals surface area contributed by atoms with Gasteiger partial charge in [0.05, 0.1) is 10.5 Å². The highest BCUT2D eigenvalue weighted by molar-refractivity contribution is 6.38. The number of aromatic nitrogens is 1. The van der Waals surface area contributed by atoms with Crippen molar-refractivity contribution in [1.29, 1.82) is 0 Å². The summed E-state index contributed by atoms with van der Waals surface area (Å²) in [5.74, 6) is -1.02. The molecule has 2 rings (SSSR count). The summed E-state index contributed by atoms with van der Waals surface area (Å²) < 4.78 is 0. The molecule has 1 aromatic carbocycles. The second kappa shape index (κ2) is 3.19. The molecular formula is C9H5Cl2NO2. The molecular weight excluding hydrogens is 225 g/mol. The molecule has 0 aliphatic heterocycles. The number of rotatable bonds is 1. The van der Waals surface area contributed by atoms with E-state index < -0.39 is 5.97 Å². The average molecular weight is 230 g/mol. The van der Waals surface area contributed by atoms with E-state index in [0.29, 0.717) is 20.9 Å². The fourth-order valence-corrected chi connectivity index (χ4v) is 1.84. The first-order valence-corrected chi connectivity index (χ1v) is 4.54. The maximum absolute atomic E-state index is 10.7. The van der Waals surface area contributed by atoms with Crippen molar-refractivity contribution in [3.8, 4) is 0 Å². The van der Waals surface area contributed by atoms with Gasteiger partial charge in [0.2, 0.25) is 0 Å². The van der Waals surface area contributed by atoms with Crippen LogP contribution in [0.15, 0.2) is 18.2 Å².